The lowest BCUT2D eigenvalue weighted by Crippen LogP contribution is -2.55. The number of rotatable bonds is 6. The Hall–Kier alpha value is -0.580. The van der Waals surface area contributed by atoms with Crippen molar-refractivity contribution in [2.24, 2.45) is 7.05 Å². The first-order valence-electron chi connectivity index (χ1n) is 8.07. The van der Waals surface area contributed by atoms with Crippen LogP contribution in [0.3, 0.4) is 0 Å². The normalized spacial score (nSPS) is 18.4. The second-order valence-electron chi connectivity index (χ2n) is 6.19. The summed E-state index contributed by atoms with van der Waals surface area (Å²) in [5, 5.41) is 16.0. The number of hydrogen-bond acceptors (Lipinski definition) is 3. The van der Waals surface area contributed by atoms with Crippen LogP contribution in [-0.2, 0) is 13.5 Å². The van der Waals surface area contributed by atoms with Crippen LogP contribution in [0.15, 0.2) is 0 Å². The van der Waals surface area contributed by atoms with Gasteiger partial charge in [0.15, 0.2) is 0 Å². The molecule has 120 valence electrons. The first-order chi connectivity index (χ1) is 9.96. The first kappa shape index (κ1) is 16.8. The van der Waals surface area contributed by atoms with Crippen LogP contribution < -0.4 is 0 Å². The molecule has 5 heteroatoms. The number of likely N-dealkylation sites (tertiary alicyclic amines) is 1. The lowest BCUT2D eigenvalue weighted by Gasteiger charge is -2.44. The van der Waals surface area contributed by atoms with Crippen molar-refractivity contribution in [2.45, 2.75) is 64.5 Å². The SMILES string of the molecule is CCC(CC)(C(O)Cc1c(Cl)c(C)nn1C)N1CCCC1. The van der Waals surface area contributed by atoms with Crippen molar-refractivity contribution in [3.05, 3.63) is 16.4 Å². The predicted octanol–water partition coefficient (Wildman–Crippen LogP) is 2.94. The molecule has 1 atom stereocenters. The van der Waals surface area contributed by atoms with Crippen molar-refractivity contribution in [3.63, 3.8) is 0 Å². The van der Waals surface area contributed by atoms with E-state index in [1.54, 1.807) is 4.68 Å². The molecule has 2 rings (SSSR count). The summed E-state index contributed by atoms with van der Waals surface area (Å²) in [6, 6.07) is 0. The van der Waals surface area contributed by atoms with Crippen molar-refractivity contribution in [1.82, 2.24) is 14.7 Å². The first-order valence-corrected chi connectivity index (χ1v) is 8.45. The highest BCUT2D eigenvalue weighted by atomic mass is 35.5. The molecule has 1 aliphatic heterocycles. The minimum absolute atomic E-state index is 0.141. The third-order valence-electron chi connectivity index (χ3n) is 5.23. The molecule has 2 heterocycles. The van der Waals surface area contributed by atoms with Crippen molar-refractivity contribution < 1.29 is 5.11 Å². The molecule has 1 aromatic rings. The van der Waals surface area contributed by atoms with Gasteiger partial charge in [0.2, 0.25) is 0 Å². The van der Waals surface area contributed by atoms with Crippen LogP contribution in [0.5, 0.6) is 0 Å². The number of aliphatic hydroxyl groups is 1. The Morgan fingerprint density at radius 1 is 1.29 bits per heavy atom. The third kappa shape index (κ3) is 2.99. The average Bonchev–Trinajstić information content (AvgIpc) is 3.07. The second-order valence-corrected chi connectivity index (χ2v) is 6.57. The van der Waals surface area contributed by atoms with Crippen molar-refractivity contribution in [3.8, 4) is 0 Å². The zero-order valence-corrected chi connectivity index (χ0v) is 14.4. The van der Waals surface area contributed by atoms with Crippen molar-refractivity contribution >= 4 is 11.6 Å². The van der Waals surface area contributed by atoms with Gasteiger partial charge in [-0.15, -0.1) is 0 Å². The van der Waals surface area contributed by atoms with Crippen LogP contribution in [0.1, 0.15) is 50.9 Å². The highest BCUT2D eigenvalue weighted by Gasteiger charge is 2.41. The van der Waals surface area contributed by atoms with E-state index in [9.17, 15) is 5.11 Å². The molecular weight excluding hydrogens is 286 g/mol. The summed E-state index contributed by atoms with van der Waals surface area (Å²) in [5.74, 6) is 0. The van der Waals surface area contributed by atoms with Gasteiger partial charge in [0.1, 0.15) is 0 Å². The standard InChI is InChI=1S/C16H28ClN3O/c1-5-16(6-2,20-9-7-8-10-20)14(21)11-13-15(17)12(3)18-19(13)4/h14,21H,5-11H2,1-4H3. The fraction of sp³-hybridized carbons (Fsp3) is 0.812. The second kappa shape index (κ2) is 6.67. The predicted molar refractivity (Wildman–Crippen MR) is 86.8 cm³/mol. The van der Waals surface area contributed by atoms with E-state index >= 15 is 0 Å². The van der Waals surface area contributed by atoms with Gasteiger partial charge in [-0.05, 0) is 45.7 Å². The topological polar surface area (TPSA) is 41.3 Å². The molecule has 0 aromatic carbocycles. The lowest BCUT2D eigenvalue weighted by atomic mass is 9.82. The molecule has 1 N–H and O–H groups in total. The Kier molecular flexibility index (Phi) is 5.33. The molecule has 21 heavy (non-hydrogen) atoms. The summed E-state index contributed by atoms with van der Waals surface area (Å²) >= 11 is 6.35. The van der Waals surface area contributed by atoms with Crippen molar-refractivity contribution in [1.29, 1.82) is 0 Å². The van der Waals surface area contributed by atoms with Gasteiger partial charge in [-0.3, -0.25) is 9.58 Å². The van der Waals surface area contributed by atoms with E-state index in [-0.39, 0.29) is 5.54 Å². The van der Waals surface area contributed by atoms with Gasteiger partial charge < -0.3 is 5.11 Å². The summed E-state index contributed by atoms with van der Waals surface area (Å²) in [5.41, 5.74) is 1.63. The zero-order chi connectivity index (χ0) is 15.6. The van der Waals surface area contributed by atoms with E-state index in [2.05, 4.69) is 23.8 Å². The molecule has 0 bridgehead atoms. The number of halogens is 1. The van der Waals surface area contributed by atoms with E-state index in [0.717, 1.165) is 37.3 Å². The summed E-state index contributed by atoms with van der Waals surface area (Å²) in [6.45, 7) is 8.46. The number of hydrogen-bond donors (Lipinski definition) is 1. The van der Waals surface area contributed by atoms with Gasteiger partial charge in [-0.2, -0.15) is 5.10 Å². The van der Waals surface area contributed by atoms with Gasteiger partial charge >= 0.3 is 0 Å². The van der Waals surface area contributed by atoms with Gasteiger partial charge in [0.05, 0.1) is 22.5 Å². The number of aromatic nitrogens is 2. The zero-order valence-electron chi connectivity index (χ0n) is 13.7. The van der Waals surface area contributed by atoms with Crippen LogP contribution in [0.2, 0.25) is 5.02 Å². The highest BCUT2D eigenvalue weighted by Crippen LogP contribution is 2.34. The van der Waals surface area contributed by atoms with Crippen LogP contribution >= 0.6 is 11.6 Å². The summed E-state index contributed by atoms with van der Waals surface area (Å²) in [7, 11) is 1.90. The Labute approximate surface area is 133 Å². The molecule has 4 nitrogen and oxygen atoms in total. The molecule has 1 fully saturated rings. The highest BCUT2D eigenvalue weighted by molar-refractivity contribution is 6.31. The van der Waals surface area contributed by atoms with Gasteiger partial charge in [-0.1, -0.05) is 25.4 Å². The van der Waals surface area contributed by atoms with E-state index in [1.165, 1.54) is 12.8 Å². The number of aliphatic hydroxyl groups excluding tert-OH is 1. The smallest absolute Gasteiger partial charge is 0.0847 e. The molecule has 0 radical (unpaired) electrons. The van der Waals surface area contributed by atoms with E-state index in [4.69, 9.17) is 11.6 Å². The van der Waals surface area contributed by atoms with E-state index in [1.807, 2.05) is 14.0 Å². The quantitative estimate of drug-likeness (QED) is 0.878. The Morgan fingerprint density at radius 2 is 1.86 bits per heavy atom. The largest absolute Gasteiger partial charge is 0.391 e. The molecule has 0 amide bonds. The maximum atomic E-state index is 11.0. The minimum atomic E-state index is -0.419. The maximum Gasteiger partial charge on any atom is 0.0847 e. The van der Waals surface area contributed by atoms with Crippen LogP contribution in [-0.4, -0.2) is 44.5 Å². The lowest BCUT2D eigenvalue weighted by molar-refractivity contribution is -0.0278. The monoisotopic (exact) mass is 313 g/mol. The van der Waals surface area contributed by atoms with E-state index in [0.29, 0.717) is 11.4 Å². The molecule has 1 unspecified atom stereocenters. The maximum absolute atomic E-state index is 11.0. The molecular formula is C16H28ClN3O. The van der Waals surface area contributed by atoms with Crippen LogP contribution in [0, 0.1) is 6.92 Å². The Bertz CT molecular complexity index is 476. The summed E-state index contributed by atoms with van der Waals surface area (Å²) < 4.78 is 1.81. The third-order valence-corrected chi connectivity index (χ3v) is 5.72. The molecule has 1 saturated heterocycles. The minimum Gasteiger partial charge on any atom is -0.391 e. The van der Waals surface area contributed by atoms with Crippen LogP contribution in [0.25, 0.3) is 0 Å². The van der Waals surface area contributed by atoms with Gasteiger partial charge in [-0.25, -0.2) is 0 Å². The fourth-order valence-electron chi connectivity index (χ4n) is 3.82. The summed E-state index contributed by atoms with van der Waals surface area (Å²) in [6.07, 6.45) is 4.53. The molecule has 1 aliphatic rings. The average molecular weight is 314 g/mol. The molecule has 0 spiro atoms. The van der Waals surface area contributed by atoms with Gasteiger partial charge in [0, 0.05) is 19.0 Å². The molecule has 0 aliphatic carbocycles. The molecule has 1 aromatic heterocycles. The van der Waals surface area contributed by atoms with Crippen molar-refractivity contribution in [2.75, 3.05) is 13.1 Å². The number of nitrogens with zero attached hydrogens (tertiary/aromatic N) is 3. The Morgan fingerprint density at radius 3 is 2.29 bits per heavy atom. The van der Waals surface area contributed by atoms with E-state index < -0.39 is 6.10 Å². The fourth-order valence-corrected chi connectivity index (χ4v) is 4.05. The van der Waals surface area contributed by atoms with Gasteiger partial charge in [0.25, 0.3) is 0 Å². The van der Waals surface area contributed by atoms with Crippen LogP contribution in [0.4, 0.5) is 0 Å². The molecule has 0 saturated carbocycles. The Balaban J connectivity index is 2.24. The summed E-state index contributed by atoms with van der Waals surface area (Å²) in [4.78, 5) is 2.48. The number of aryl methyl sites for hydroxylation is 2.